The quantitative estimate of drug-likeness (QED) is 0.292. The van der Waals surface area contributed by atoms with E-state index in [1.165, 1.54) is 18.4 Å². The first-order chi connectivity index (χ1) is 16.9. The Hall–Kier alpha value is -3.18. The van der Waals surface area contributed by atoms with Gasteiger partial charge in [-0.25, -0.2) is 15.0 Å². The number of halogens is 1. The molecule has 6 heteroatoms. The van der Waals surface area contributed by atoms with Gasteiger partial charge in [-0.15, -0.1) is 0 Å². The van der Waals surface area contributed by atoms with Gasteiger partial charge in [0.15, 0.2) is 0 Å². The average molecular weight is 488 g/mol. The molecule has 0 aliphatic carbocycles. The van der Waals surface area contributed by atoms with Crippen molar-refractivity contribution < 1.29 is 0 Å². The molecule has 2 aromatic carbocycles. The van der Waals surface area contributed by atoms with Crippen molar-refractivity contribution in [3.05, 3.63) is 88.7 Å². The molecule has 1 unspecified atom stereocenters. The minimum absolute atomic E-state index is 0.0879. The molecular weight excluding hydrogens is 454 g/mol. The second-order valence-corrected chi connectivity index (χ2v) is 9.79. The average Bonchev–Trinajstić information content (AvgIpc) is 2.88. The summed E-state index contributed by atoms with van der Waals surface area (Å²) in [7, 11) is 0. The number of nitrogens with zero attached hydrogens (tertiary/aromatic N) is 4. The first kappa shape index (κ1) is 24.9. The van der Waals surface area contributed by atoms with Gasteiger partial charge in [-0.2, -0.15) is 0 Å². The molecule has 0 radical (unpaired) electrons. The molecule has 0 spiro atoms. The molecule has 3 aromatic rings. The third kappa shape index (κ3) is 6.49. The fourth-order valence-electron chi connectivity index (χ4n) is 4.34. The summed E-state index contributed by atoms with van der Waals surface area (Å²) < 4.78 is 0. The fourth-order valence-corrected chi connectivity index (χ4v) is 4.53. The summed E-state index contributed by atoms with van der Waals surface area (Å²) in [5.41, 5.74) is 4.86. The number of benzene rings is 2. The third-order valence-corrected chi connectivity index (χ3v) is 6.89. The van der Waals surface area contributed by atoms with Crippen LogP contribution >= 0.6 is 11.6 Å². The van der Waals surface area contributed by atoms with Crippen LogP contribution < -0.4 is 5.32 Å². The summed E-state index contributed by atoms with van der Waals surface area (Å²) in [5.74, 6) is 2.39. The SMILES string of the molecule is CC(=N/C(=C(\C)c1ccnc(NC(C)c2ccccc2)n1)c1cccc(Cl)c1)N1CCC(C)CC1. The van der Waals surface area contributed by atoms with E-state index in [1.54, 1.807) is 6.20 Å². The number of amidine groups is 1. The van der Waals surface area contributed by atoms with Gasteiger partial charge in [-0.3, -0.25) is 0 Å². The third-order valence-electron chi connectivity index (χ3n) is 6.65. The highest BCUT2D eigenvalue weighted by Gasteiger charge is 2.18. The van der Waals surface area contributed by atoms with E-state index in [-0.39, 0.29) is 6.04 Å². The Balaban J connectivity index is 1.68. The zero-order chi connectivity index (χ0) is 24.8. The van der Waals surface area contributed by atoms with Gasteiger partial charge in [0.2, 0.25) is 5.95 Å². The predicted molar refractivity (Wildman–Crippen MR) is 148 cm³/mol. The van der Waals surface area contributed by atoms with Crippen molar-refractivity contribution in [3.63, 3.8) is 0 Å². The molecule has 1 saturated heterocycles. The zero-order valence-corrected chi connectivity index (χ0v) is 21.8. The standard InChI is InChI=1S/C29H34ClN5/c1-20-14-17-35(18-15-20)23(4)33-28(25-11-8-12-26(30)19-25)21(2)27-13-16-31-29(34-27)32-22(3)24-9-6-5-7-10-24/h5-13,16,19-20,22H,14-15,17-18H2,1-4H3,(H,31,32,34)/b28-21+,33-23?. The predicted octanol–water partition coefficient (Wildman–Crippen LogP) is 7.34. The minimum Gasteiger partial charge on any atom is -0.360 e. The molecule has 1 aromatic heterocycles. The largest absolute Gasteiger partial charge is 0.360 e. The van der Waals surface area contributed by atoms with E-state index in [4.69, 9.17) is 21.6 Å². The maximum atomic E-state index is 6.36. The second kappa shape index (κ2) is 11.5. The van der Waals surface area contributed by atoms with Crippen molar-refractivity contribution in [1.29, 1.82) is 0 Å². The normalized spacial score (nSPS) is 16.6. The monoisotopic (exact) mass is 487 g/mol. The minimum atomic E-state index is 0.0879. The number of hydrogen-bond donors (Lipinski definition) is 1. The molecule has 2 heterocycles. The van der Waals surface area contributed by atoms with Gasteiger partial charge >= 0.3 is 0 Å². The number of nitrogens with one attached hydrogen (secondary N) is 1. The molecule has 0 saturated carbocycles. The van der Waals surface area contributed by atoms with Crippen LogP contribution in [0, 0.1) is 5.92 Å². The second-order valence-electron chi connectivity index (χ2n) is 9.35. The van der Waals surface area contributed by atoms with Crippen molar-refractivity contribution in [2.75, 3.05) is 18.4 Å². The smallest absolute Gasteiger partial charge is 0.223 e. The van der Waals surface area contributed by atoms with E-state index in [9.17, 15) is 0 Å². The van der Waals surface area contributed by atoms with Crippen molar-refractivity contribution >= 4 is 34.7 Å². The molecule has 0 amide bonds. The van der Waals surface area contributed by atoms with E-state index in [0.717, 1.165) is 47.4 Å². The Morgan fingerprint density at radius 2 is 1.80 bits per heavy atom. The number of aliphatic imine (C=N–C) groups is 1. The summed E-state index contributed by atoms with van der Waals surface area (Å²) >= 11 is 6.36. The first-order valence-corrected chi connectivity index (χ1v) is 12.7. The first-order valence-electron chi connectivity index (χ1n) is 12.3. The molecule has 1 aliphatic rings. The summed E-state index contributed by atoms with van der Waals surface area (Å²) in [6, 6.07) is 20.2. The maximum absolute atomic E-state index is 6.36. The lowest BCUT2D eigenvalue weighted by Gasteiger charge is -2.32. The van der Waals surface area contributed by atoms with Crippen LogP contribution in [-0.4, -0.2) is 33.8 Å². The van der Waals surface area contributed by atoms with Gasteiger partial charge in [0, 0.05) is 35.4 Å². The number of aromatic nitrogens is 2. The Morgan fingerprint density at radius 3 is 2.51 bits per heavy atom. The number of likely N-dealkylation sites (tertiary alicyclic amines) is 1. The van der Waals surface area contributed by atoms with E-state index in [0.29, 0.717) is 11.0 Å². The van der Waals surface area contributed by atoms with Crippen LogP contribution in [0.25, 0.3) is 11.3 Å². The highest BCUT2D eigenvalue weighted by molar-refractivity contribution is 6.30. The van der Waals surface area contributed by atoms with Crippen LogP contribution in [0.2, 0.25) is 5.02 Å². The lowest BCUT2D eigenvalue weighted by molar-refractivity contribution is 0.279. The van der Waals surface area contributed by atoms with Gasteiger partial charge in [-0.1, -0.05) is 61.0 Å². The van der Waals surface area contributed by atoms with E-state index < -0.39 is 0 Å². The van der Waals surface area contributed by atoms with Crippen LogP contribution in [0.5, 0.6) is 0 Å². The lowest BCUT2D eigenvalue weighted by Crippen LogP contribution is -2.36. The Morgan fingerprint density at radius 1 is 1.06 bits per heavy atom. The van der Waals surface area contributed by atoms with Crippen LogP contribution in [0.3, 0.4) is 0 Å². The topological polar surface area (TPSA) is 53.4 Å². The Labute approximate surface area is 214 Å². The number of piperidine rings is 1. The van der Waals surface area contributed by atoms with Crippen LogP contribution in [-0.2, 0) is 0 Å². The highest BCUT2D eigenvalue weighted by Crippen LogP contribution is 2.29. The number of anilines is 1. The molecule has 182 valence electrons. The maximum Gasteiger partial charge on any atom is 0.223 e. The van der Waals surface area contributed by atoms with Crippen LogP contribution in [0.4, 0.5) is 5.95 Å². The molecule has 1 aliphatic heterocycles. The highest BCUT2D eigenvalue weighted by atomic mass is 35.5. The molecule has 5 nitrogen and oxygen atoms in total. The van der Waals surface area contributed by atoms with Gasteiger partial charge in [-0.05, 0) is 63.3 Å². The van der Waals surface area contributed by atoms with Crippen LogP contribution in [0.1, 0.15) is 63.4 Å². The van der Waals surface area contributed by atoms with Gasteiger partial charge in [0.05, 0.1) is 17.4 Å². The molecular formula is C29H34ClN5. The van der Waals surface area contributed by atoms with E-state index >= 15 is 0 Å². The molecule has 1 N–H and O–H groups in total. The summed E-state index contributed by atoms with van der Waals surface area (Å²) in [4.78, 5) is 16.8. The van der Waals surface area contributed by atoms with Crippen LogP contribution in [0.15, 0.2) is 71.9 Å². The molecule has 35 heavy (non-hydrogen) atoms. The number of allylic oxidation sites excluding steroid dienone is 1. The molecule has 1 atom stereocenters. The Kier molecular flexibility index (Phi) is 8.19. The number of hydrogen-bond acceptors (Lipinski definition) is 4. The molecule has 0 bridgehead atoms. The molecule has 1 fully saturated rings. The zero-order valence-electron chi connectivity index (χ0n) is 21.0. The number of rotatable bonds is 6. The van der Waals surface area contributed by atoms with Gasteiger partial charge in [0.25, 0.3) is 0 Å². The van der Waals surface area contributed by atoms with Crippen molar-refractivity contribution in [2.45, 2.75) is 46.6 Å². The van der Waals surface area contributed by atoms with Gasteiger partial charge < -0.3 is 10.2 Å². The van der Waals surface area contributed by atoms with E-state index in [1.807, 2.05) is 42.5 Å². The van der Waals surface area contributed by atoms with Crippen molar-refractivity contribution in [2.24, 2.45) is 10.9 Å². The summed E-state index contributed by atoms with van der Waals surface area (Å²) in [6.07, 6.45) is 4.19. The lowest BCUT2D eigenvalue weighted by atomic mass is 9.99. The summed E-state index contributed by atoms with van der Waals surface area (Å²) in [6.45, 7) is 10.7. The van der Waals surface area contributed by atoms with E-state index in [2.05, 4.69) is 61.1 Å². The summed E-state index contributed by atoms with van der Waals surface area (Å²) in [5, 5.41) is 4.12. The fraction of sp³-hybridized carbons (Fsp3) is 0.345. The van der Waals surface area contributed by atoms with Crippen molar-refractivity contribution in [1.82, 2.24) is 14.9 Å². The molecule has 4 rings (SSSR count). The van der Waals surface area contributed by atoms with Gasteiger partial charge in [0.1, 0.15) is 5.84 Å². The Bertz CT molecular complexity index is 1200. The van der Waals surface area contributed by atoms with Crippen molar-refractivity contribution in [3.8, 4) is 0 Å².